The highest BCUT2D eigenvalue weighted by molar-refractivity contribution is 5.31. The third kappa shape index (κ3) is 2.51. The van der Waals surface area contributed by atoms with Crippen LogP contribution >= 0.6 is 0 Å². The molecule has 4 N–H and O–H groups in total. The molecule has 0 saturated heterocycles. The minimum Gasteiger partial charge on any atom is -0.754 e. The van der Waals surface area contributed by atoms with Gasteiger partial charge >= 0.3 is 18.7 Å². The van der Waals surface area contributed by atoms with Crippen molar-refractivity contribution < 1.29 is 22.6 Å². The summed E-state index contributed by atoms with van der Waals surface area (Å²) in [6.07, 6.45) is -6.17. The quantitative estimate of drug-likeness (QED) is 0.547. The lowest BCUT2D eigenvalue weighted by atomic mass is 10.5. The van der Waals surface area contributed by atoms with Crippen LogP contribution in [0, 0.1) is 5.21 Å². The molecule has 0 fully saturated rings. The van der Waals surface area contributed by atoms with Gasteiger partial charge in [-0.15, -0.1) is 0 Å². The molecule has 0 spiro atoms. The molecule has 0 bridgehead atoms. The van der Waals surface area contributed by atoms with Gasteiger partial charge in [0.25, 0.3) is 5.88 Å². The molecule has 0 saturated carbocycles. The largest absolute Gasteiger partial charge is 0.754 e. The summed E-state index contributed by atoms with van der Waals surface area (Å²) in [5.74, 6) is -1.63. The number of nitrogens with zero attached hydrogens (tertiary/aromatic N) is 2. The van der Waals surface area contributed by atoms with Crippen LogP contribution in [0.2, 0.25) is 0 Å². The van der Waals surface area contributed by atoms with Crippen molar-refractivity contribution in [2.45, 2.75) is 12.8 Å². The van der Waals surface area contributed by atoms with Crippen LogP contribution < -0.4 is 20.9 Å². The number of nitrogens with two attached hydrogens (primary N) is 2. The van der Waals surface area contributed by atoms with Crippen molar-refractivity contribution in [2.75, 3.05) is 11.5 Å². The smallest absolute Gasteiger partial charge is 0.347 e. The Balaban J connectivity index is 2.88. The summed E-state index contributed by atoms with van der Waals surface area (Å²) >= 11 is 0. The molecule has 15 heavy (non-hydrogen) atoms. The van der Waals surface area contributed by atoms with E-state index < -0.39 is 30.4 Å². The van der Waals surface area contributed by atoms with Gasteiger partial charge in [0.05, 0.1) is 6.07 Å². The molecule has 6 nitrogen and oxygen atoms in total. The molecule has 0 radical (unpaired) electrons. The molecule has 0 aliphatic carbocycles. The van der Waals surface area contributed by atoms with E-state index in [0.717, 1.165) is 6.07 Å². The second-order valence-electron chi connectivity index (χ2n) is 2.48. The van der Waals surface area contributed by atoms with E-state index in [4.69, 9.17) is 11.5 Å². The van der Waals surface area contributed by atoms with Crippen LogP contribution in [0.5, 0.6) is 5.88 Å². The first-order chi connectivity index (χ1) is 6.91. The highest BCUT2D eigenvalue weighted by Crippen LogP contribution is 2.15. The zero-order chi connectivity index (χ0) is 11.6. The lowest BCUT2D eigenvalue weighted by molar-refractivity contribution is -0.577. The van der Waals surface area contributed by atoms with Crippen molar-refractivity contribution in [2.24, 2.45) is 0 Å². The summed E-state index contributed by atoms with van der Waals surface area (Å²) in [5, 5.41) is 10.8. The summed E-state index contributed by atoms with van der Waals surface area (Å²) in [7, 11) is 0. The number of hydrogen-bond acceptors (Lipinski definition) is 5. The Bertz CT molecular complexity index is 339. The van der Waals surface area contributed by atoms with Crippen LogP contribution in [0.15, 0.2) is 6.07 Å². The Morgan fingerprint density at radius 3 is 2.47 bits per heavy atom. The molecule has 1 rings (SSSR count). The van der Waals surface area contributed by atoms with E-state index in [1.807, 2.05) is 0 Å². The van der Waals surface area contributed by atoms with Gasteiger partial charge in [0.2, 0.25) is 0 Å². The average molecular weight is 224 g/mol. The predicted octanol–water partition coefficient (Wildman–Crippen LogP) is -0.181. The van der Waals surface area contributed by atoms with Crippen molar-refractivity contribution in [3.05, 3.63) is 11.3 Å². The van der Waals surface area contributed by atoms with Crippen molar-refractivity contribution >= 4 is 11.8 Å². The van der Waals surface area contributed by atoms with Gasteiger partial charge in [-0.25, -0.2) is 13.5 Å². The topological polar surface area (TPSA) is 101 Å². The van der Waals surface area contributed by atoms with Crippen LogP contribution in [-0.4, -0.2) is 17.8 Å². The molecular weight excluding hydrogens is 217 g/mol. The third-order valence-corrected chi connectivity index (χ3v) is 1.37. The third-order valence-electron chi connectivity index (χ3n) is 1.37. The Morgan fingerprint density at radius 2 is 2.00 bits per heavy atom. The second-order valence-corrected chi connectivity index (χ2v) is 2.48. The Labute approximate surface area is 81.8 Å². The number of anilines is 2. The molecule has 0 amide bonds. The van der Waals surface area contributed by atoms with E-state index in [2.05, 4.69) is 9.72 Å². The van der Waals surface area contributed by atoms with Crippen molar-refractivity contribution in [1.82, 2.24) is 4.98 Å². The van der Waals surface area contributed by atoms with Crippen LogP contribution in [0.1, 0.15) is 0 Å². The lowest BCUT2D eigenvalue weighted by Gasteiger charge is -2.12. The number of aromatic nitrogens is 2. The minimum absolute atomic E-state index is 0.0441. The SMILES string of the molecule is Nc1cc(OC(F)C(F)F)nc(N)[n+]1[O-]. The number of ether oxygens (including phenoxy) is 1. The van der Waals surface area contributed by atoms with Gasteiger partial charge < -0.3 is 21.4 Å². The normalized spacial score (nSPS) is 12.8. The highest BCUT2D eigenvalue weighted by atomic mass is 19.3. The number of hydrogen-bond donors (Lipinski definition) is 2. The molecule has 9 heteroatoms. The van der Waals surface area contributed by atoms with Gasteiger partial charge in [-0.1, -0.05) is 4.98 Å². The number of rotatable bonds is 3. The summed E-state index contributed by atoms with van der Waals surface area (Å²) < 4.78 is 40.0. The van der Waals surface area contributed by atoms with Gasteiger partial charge in [-0.2, -0.15) is 4.39 Å². The maximum atomic E-state index is 12.4. The van der Waals surface area contributed by atoms with Crippen molar-refractivity contribution in [3.8, 4) is 5.88 Å². The molecule has 1 atom stereocenters. The van der Waals surface area contributed by atoms with E-state index in [1.165, 1.54) is 0 Å². The monoisotopic (exact) mass is 224 g/mol. The highest BCUT2D eigenvalue weighted by Gasteiger charge is 2.23. The summed E-state index contributed by atoms with van der Waals surface area (Å²) in [5.41, 5.74) is 10.2. The number of halogens is 3. The second kappa shape index (κ2) is 4.07. The van der Waals surface area contributed by atoms with E-state index >= 15 is 0 Å². The average Bonchev–Trinajstić information content (AvgIpc) is 2.13. The fourth-order valence-electron chi connectivity index (χ4n) is 0.735. The first-order valence-corrected chi connectivity index (χ1v) is 3.66. The van der Waals surface area contributed by atoms with Gasteiger partial charge in [0.15, 0.2) is 5.82 Å². The summed E-state index contributed by atoms with van der Waals surface area (Å²) in [6.45, 7) is 0. The van der Waals surface area contributed by atoms with Gasteiger partial charge in [0.1, 0.15) is 0 Å². The van der Waals surface area contributed by atoms with Gasteiger partial charge in [-0.3, -0.25) is 0 Å². The fourth-order valence-corrected chi connectivity index (χ4v) is 0.735. The summed E-state index contributed by atoms with van der Waals surface area (Å²) in [4.78, 5) is 3.21. The predicted molar refractivity (Wildman–Crippen MR) is 43.5 cm³/mol. The minimum atomic E-state index is -3.33. The van der Waals surface area contributed by atoms with Crippen LogP contribution in [-0.2, 0) is 0 Å². The van der Waals surface area contributed by atoms with Crippen LogP contribution in [0.3, 0.4) is 0 Å². The van der Waals surface area contributed by atoms with Gasteiger partial charge in [-0.05, 0) is 0 Å². The molecule has 1 unspecified atom stereocenters. The molecule has 1 aromatic heterocycles. The standard InChI is InChI=1S/C6H7F3N4O2/c7-4(8)5(9)15-3-1-2(10)13(14)6(11)12-3/h1,4-5H,10H2,(H2,11,12). The first-order valence-electron chi connectivity index (χ1n) is 3.66. The van der Waals surface area contributed by atoms with Crippen LogP contribution in [0.25, 0.3) is 0 Å². The molecule has 0 aliphatic heterocycles. The van der Waals surface area contributed by atoms with Crippen molar-refractivity contribution in [1.29, 1.82) is 0 Å². The zero-order valence-corrected chi connectivity index (χ0v) is 7.23. The number of nitrogen functional groups attached to an aromatic ring is 2. The molecular formula is C6H7F3N4O2. The van der Waals surface area contributed by atoms with E-state index in [1.54, 1.807) is 0 Å². The molecule has 84 valence electrons. The first kappa shape index (κ1) is 11.1. The number of alkyl halides is 3. The van der Waals surface area contributed by atoms with E-state index in [0.29, 0.717) is 0 Å². The fraction of sp³-hybridized carbons (Fsp3) is 0.333. The van der Waals surface area contributed by atoms with Crippen LogP contribution in [0.4, 0.5) is 24.9 Å². The Kier molecular flexibility index (Phi) is 3.02. The van der Waals surface area contributed by atoms with Crippen molar-refractivity contribution in [3.63, 3.8) is 0 Å². The van der Waals surface area contributed by atoms with E-state index in [-0.39, 0.29) is 4.73 Å². The maximum Gasteiger partial charge on any atom is 0.347 e. The Hall–Kier alpha value is -1.93. The molecule has 0 aliphatic rings. The van der Waals surface area contributed by atoms with E-state index in [9.17, 15) is 18.4 Å². The molecule has 1 aromatic rings. The molecule has 0 aromatic carbocycles. The van der Waals surface area contributed by atoms with Gasteiger partial charge in [0, 0.05) is 0 Å². The zero-order valence-electron chi connectivity index (χ0n) is 7.23. The molecule has 1 heterocycles. The lowest BCUT2D eigenvalue weighted by Crippen LogP contribution is -2.35. The summed E-state index contributed by atoms with van der Waals surface area (Å²) in [6, 6.07) is 0.790. The Morgan fingerprint density at radius 1 is 1.40 bits per heavy atom. The maximum absolute atomic E-state index is 12.4.